The first kappa shape index (κ1) is 20.0. The van der Waals surface area contributed by atoms with Crippen LogP contribution in [0.15, 0.2) is 47.2 Å². The van der Waals surface area contributed by atoms with Gasteiger partial charge in [0, 0.05) is 44.7 Å². The van der Waals surface area contributed by atoms with E-state index in [1.165, 1.54) is 0 Å². The topological polar surface area (TPSA) is 97.0 Å². The fourth-order valence-electron chi connectivity index (χ4n) is 3.84. The molecule has 8 heteroatoms. The quantitative estimate of drug-likeness (QED) is 0.612. The molecule has 0 atom stereocenters. The number of anilines is 1. The van der Waals surface area contributed by atoms with Crippen LogP contribution in [0.4, 0.5) is 5.82 Å². The number of rotatable bonds is 8. The molecule has 30 heavy (non-hydrogen) atoms. The number of hydrogen-bond donors (Lipinski definition) is 1. The van der Waals surface area contributed by atoms with E-state index in [-0.39, 0.29) is 5.91 Å². The number of nitrogens with one attached hydrogen (secondary N) is 1. The summed E-state index contributed by atoms with van der Waals surface area (Å²) in [6.45, 7) is 5.54. The number of amides is 1. The molecular weight excluding hydrogens is 380 g/mol. The van der Waals surface area contributed by atoms with Crippen LogP contribution < -0.4 is 10.2 Å². The van der Waals surface area contributed by atoms with E-state index in [4.69, 9.17) is 4.52 Å². The summed E-state index contributed by atoms with van der Waals surface area (Å²) in [7, 11) is 0. The molecular formula is C22H26N6O2. The Labute approximate surface area is 175 Å². The van der Waals surface area contributed by atoms with Crippen LogP contribution in [-0.4, -0.2) is 45.7 Å². The number of benzene rings is 1. The van der Waals surface area contributed by atoms with Gasteiger partial charge in [-0.15, -0.1) is 0 Å². The zero-order chi connectivity index (χ0) is 21.0. The Bertz CT molecular complexity index is 998. The molecule has 0 unspecified atom stereocenters. The zero-order valence-electron chi connectivity index (χ0n) is 17.3. The molecule has 1 N–H and O–H groups in total. The normalized spacial score (nSPS) is 14.9. The highest BCUT2D eigenvalue weighted by Gasteiger charge is 2.49. The van der Waals surface area contributed by atoms with Crippen molar-refractivity contribution in [3.63, 3.8) is 0 Å². The molecule has 1 fully saturated rings. The third kappa shape index (κ3) is 4.32. The Hall–Kier alpha value is -3.29. The van der Waals surface area contributed by atoms with Crippen molar-refractivity contribution in [3.05, 3.63) is 65.7 Å². The number of aromatic nitrogens is 4. The minimum Gasteiger partial charge on any atom is -0.355 e. The van der Waals surface area contributed by atoms with Crippen LogP contribution in [0.2, 0.25) is 0 Å². The number of aryl methyl sites for hydroxylation is 2. The monoisotopic (exact) mass is 406 g/mol. The summed E-state index contributed by atoms with van der Waals surface area (Å²) in [5, 5.41) is 6.96. The first-order valence-corrected chi connectivity index (χ1v) is 10.3. The number of carbonyl (C=O) groups excluding carboxylic acids is 1. The second-order valence-corrected chi connectivity index (χ2v) is 7.76. The molecule has 3 aromatic rings. The van der Waals surface area contributed by atoms with Gasteiger partial charge in [-0.2, -0.15) is 4.98 Å². The summed E-state index contributed by atoms with van der Waals surface area (Å²) in [5.74, 6) is 2.06. The van der Waals surface area contributed by atoms with Crippen LogP contribution in [0.25, 0.3) is 0 Å². The number of nitrogens with zero attached hydrogens (tertiary/aromatic N) is 5. The van der Waals surface area contributed by atoms with Gasteiger partial charge in [0.2, 0.25) is 11.8 Å². The van der Waals surface area contributed by atoms with Gasteiger partial charge in [0.15, 0.2) is 5.82 Å². The van der Waals surface area contributed by atoms with Crippen LogP contribution in [0.1, 0.15) is 29.9 Å². The first-order valence-electron chi connectivity index (χ1n) is 10.3. The van der Waals surface area contributed by atoms with Crippen molar-refractivity contribution in [2.75, 3.05) is 24.5 Å². The number of hydrogen-bond acceptors (Lipinski definition) is 7. The summed E-state index contributed by atoms with van der Waals surface area (Å²) in [4.78, 5) is 28.2. The van der Waals surface area contributed by atoms with Crippen molar-refractivity contribution in [3.8, 4) is 0 Å². The van der Waals surface area contributed by atoms with Crippen LogP contribution in [-0.2, 0) is 24.1 Å². The van der Waals surface area contributed by atoms with Crippen LogP contribution in [0.5, 0.6) is 0 Å². The van der Waals surface area contributed by atoms with E-state index >= 15 is 0 Å². The Morgan fingerprint density at radius 1 is 1.23 bits per heavy atom. The lowest BCUT2D eigenvalue weighted by Crippen LogP contribution is -2.64. The van der Waals surface area contributed by atoms with E-state index in [1.54, 1.807) is 13.3 Å². The Morgan fingerprint density at radius 3 is 2.73 bits per heavy atom. The van der Waals surface area contributed by atoms with Crippen molar-refractivity contribution < 1.29 is 9.32 Å². The lowest BCUT2D eigenvalue weighted by Gasteiger charge is -2.49. The highest BCUT2D eigenvalue weighted by atomic mass is 16.5. The fraction of sp³-hybridized carbons (Fsp3) is 0.409. The molecule has 1 aliphatic rings. The highest BCUT2D eigenvalue weighted by molar-refractivity contribution is 5.86. The summed E-state index contributed by atoms with van der Waals surface area (Å²) < 4.78 is 4.99. The number of carbonyl (C=O) groups is 1. The van der Waals surface area contributed by atoms with E-state index in [0.29, 0.717) is 44.2 Å². The molecule has 0 radical (unpaired) electrons. The van der Waals surface area contributed by atoms with Gasteiger partial charge in [0.1, 0.15) is 12.1 Å². The van der Waals surface area contributed by atoms with Crippen LogP contribution in [0, 0.1) is 12.3 Å². The van der Waals surface area contributed by atoms with Gasteiger partial charge >= 0.3 is 0 Å². The van der Waals surface area contributed by atoms with E-state index < -0.39 is 5.41 Å². The molecule has 2 aromatic heterocycles. The molecule has 4 rings (SSSR count). The SMILES string of the molecule is CCc1cc(N2CC(Cc3ccccc3)(C(=O)NCCc3noc(C)n3)C2)ncn1. The summed E-state index contributed by atoms with van der Waals surface area (Å²) >= 11 is 0. The smallest absolute Gasteiger partial charge is 0.230 e. The lowest BCUT2D eigenvalue weighted by atomic mass is 9.73. The van der Waals surface area contributed by atoms with Gasteiger partial charge in [-0.25, -0.2) is 9.97 Å². The van der Waals surface area contributed by atoms with Crippen molar-refractivity contribution in [2.24, 2.45) is 5.41 Å². The standard InChI is InChI=1S/C22H26N6O2/c1-3-18-11-20(25-15-24-18)28-13-22(14-28,12-17-7-5-4-6-8-17)21(29)23-10-9-19-26-16(2)30-27-19/h4-8,11,15H,3,9-10,12-14H2,1-2H3,(H,23,29). The van der Waals surface area contributed by atoms with Crippen molar-refractivity contribution >= 4 is 11.7 Å². The van der Waals surface area contributed by atoms with Gasteiger partial charge in [0.05, 0.1) is 5.41 Å². The maximum Gasteiger partial charge on any atom is 0.230 e. The molecule has 0 aliphatic carbocycles. The molecule has 0 spiro atoms. The minimum atomic E-state index is -0.494. The molecule has 0 bridgehead atoms. The van der Waals surface area contributed by atoms with E-state index in [0.717, 1.165) is 23.5 Å². The van der Waals surface area contributed by atoms with Gasteiger partial charge in [0.25, 0.3) is 0 Å². The lowest BCUT2D eigenvalue weighted by molar-refractivity contribution is -0.132. The minimum absolute atomic E-state index is 0.0487. The average Bonchev–Trinajstić information content (AvgIpc) is 3.16. The van der Waals surface area contributed by atoms with E-state index in [9.17, 15) is 4.79 Å². The summed E-state index contributed by atoms with van der Waals surface area (Å²) in [6, 6.07) is 12.1. The summed E-state index contributed by atoms with van der Waals surface area (Å²) in [5.41, 5.74) is 1.66. The molecule has 1 aromatic carbocycles. The van der Waals surface area contributed by atoms with Crippen LogP contribution >= 0.6 is 0 Å². The Balaban J connectivity index is 1.45. The van der Waals surface area contributed by atoms with Crippen molar-refractivity contribution in [2.45, 2.75) is 33.1 Å². The molecule has 0 saturated carbocycles. The zero-order valence-corrected chi connectivity index (χ0v) is 17.3. The molecule has 1 aliphatic heterocycles. The molecule has 3 heterocycles. The Morgan fingerprint density at radius 2 is 2.03 bits per heavy atom. The van der Waals surface area contributed by atoms with Gasteiger partial charge in [-0.1, -0.05) is 42.4 Å². The third-order valence-electron chi connectivity index (χ3n) is 5.45. The second-order valence-electron chi connectivity index (χ2n) is 7.76. The molecule has 1 amide bonds. The van der Waals surface area contributed by atoms with Crippen molar-refractivity contribution in [1.29, 1.82) is 0 Å². The maximum absolute atomic E-state index is 13.2. The molecule has 8 nitrogen and oxygen atoms in total. The van der Waals surface area contributed by atoms with E-state index in [2.05, 4.69) is 49.4 Å². The first-order chi connectivity index (χ1) is 14.6. The maximum atomic E-state index is 13.2. The highest BCUT2D eigenvalue weighted by Crippen LogP contribution is 2.37. The predicted molar refractivity (Wildman–Crippen MR) is 112 cm³/mol. The Kier molecular flexibility index (Phi) is 5.74. The van der Waals surface area contributed by atoms with Gasteiger partial charge in [-0.3, -0.25) is 4.79 Å². The predicted octanol–water partition coefficient (Wildman–Crippen LogP) is 2.14. The largest absolute Gasteiger partial charge is 0.355 e. The fourth-order valence-corrected chi connectivity index (χ4v) is 3.84. The molecule has 1 saturated heterocycles. The average molecular weight is 406 g/mol. The van der Waals surface area contributed by atoms with Gasteiger partial charge in [-0.05, 0) is 18.4 Å². The van der Waals surface area contributed by atoms with Gasteiger partial charge < -0.3 is 14.7 Å². The molecule has 156 valence electrons. The second kappa shape index (κ2) is 8.61. The third-order valence-corrected chi connectivity index (χ3v) is 5.45. The van der Waals surface area contributed by atoms with Crippen molar-refractivity contribution in [1.82, 2.24) is 25.4 Å². The van der Waals surface area contributed by atoms with E-state index in [1.807, 2.05) is 24.3 Å². The summed E-state index contributed by atoms with van der Waals surface area (Å²) in [6.07, 6.45) is 3.68. The van der Waals surface area contributed by atoms with Crippen LogP contribution in [0.3, 0.4) is 0 Å².